The normalized spacial score (nSPS) is 13.4. The third-order valence-electron chi connectivity index (χ3n) is 13.3. The summed E-state index contributed by atoms with van der Waals surface area (Å²) in [5.74, 6) is 1.15. The second kappa shape index (κ2) is 16.1. The Morgan fingerprint density at radius 2 is 0.952 bits per heavy atom. The summed E-state index contributed by atoms with van der Waals surface area (Å²) in [5.41, 5.74) is 20.0. The Labute approximate surface area is 383 Å². The van der Waals surface area contributed by atoms with Gasteiger partial charge in [-0.2, -0.15) is 0 Å². The molecule has 3 aliphatic heterocycles. The van der Waals surface area contributed by atoms with Crippen LogP contribution in [0.15, 0.2) is 196 Å². The third kappa shape index (κ3) is 6.76. The Morgan fingerprint density at radius 3 is 1.60 bits per heavy atom. The fourth-order valence-electron chi connectivity index (χ4n) is 10.4. The van der Waals surface area contributed by atoms with E-state index in [1.165, 1.54) is 86.1 Å². The number of hydrogen-bond acceptors (Lipinski definition) is 4. The van der Waals surface area contributed by atoms with Crippen LogP contribution in [0.25, 0.3) is 0 Å². The maximum Gasteiger partial charge on any atom is 0.249 e. The summed E-state index contributed by atoms with van der Waals surface area (Å²) in [5, 5.41) is 0. The lowest BCUT2D eigenvalue weighted by molar-refractivity contribution is 0.812. The molecule has 11 rings (SSSR count). The summed E-state index contributed by atoms with van der Waals surface area (Å²) >= 11 is 3.86. The molecule has 8 aromatic carbocycles. The van der Waals surface area contributed by atoms with Gasteiger partial charge in [0.15, 0.2) is 0 Å². The molecule has 0 aliphatic carbocycles. The molecule has 0 fully saturated rings. The van der Waals surface area contributed by atoms with Crippen LogP contribution >= 0.6 is 23.5 Å². The molecule has 6 heteroatoms. The first-order valence-electron chi connectivity index (χ1n) is 22.6. The lowest BCUT2D eigenvalue weighted by Gasteiger charge is -2.41. The SMILES string of the molecule is CC(C)c1cc(C(C)C)c(B2c3ccc(N(c4ccccc4)c4ccccc4)cc3Sc3cc4c(cc32)B2c3ccccc3Sc3cccc(c32)N4c2ccccc2)c(C(C)C)c1. The third-order valence-corrected chi connectivity index (χ3v) is 15.7. The minimum absolute atomic E-state index is 0.0449. The molecule has 0 N–H and O–H groups in total. The smallest absolute Gasteiger partial charge is 0.249 e. The quantitative estimate of drug-likeness (QED) is 0.141. The Morgan fingerprint density at radius 1 is 0.397 bits per heavy atom. The van der Waals surface area contributed by atoms with Crippen LogP contribution in [0.3, 0.4) is 0 Å². The second-order valence-corrected chi connectivity index (χ2v) is 20.4. The average Bonchev–Trinajstić information content (AvgIpc) is 3.30. The molecule has 0 bridgehead atoms. The molecule has 63 heavy (non-hydrogen) atoms. The molecular formula is C57H50B2N2S2. The van der Waals surface area contributed by atoms with E-state index in [0.29, 0.717) is 17.8 Å². The van der Waals surface area contributed by atoms with Crippen LogP contribution in [0.5, 0.6) is 0 Å². The van der Waals surface area contributed by atoms with Gasteiger partial charge in [0.05, 0.1) is 0 Å². The van der Waals surface area contributed by atoms with Crippen molar-refractivity contribution < 1.29 is 0 Å². The maximum absolute atomic E-state index is 2.65. The van der Waals surface area contributed by atoms with E-state index in [9.17, 15) is 0 Å². The van der Waals surface area contributed by atoms with Crippen LogP contribution in [0.1, 0.15) is 76.0 Å². The number of anilines is 6. The van der Waals surface area contributed by atoms with E-state index in [-0.39, 0.29) is 13.4 Å². The Balaban J connectivity index is 1.21. The molecule has 0 saturated heterocycles. The molecule has 3 aliphatic rings. The van der Waals surface area contributed by atoms with Crippen molar-refractivity contribution in [2.75, 3.05) is 9.80 Å². The molecule has 3 heterocycles. The lowest BCUT2D eigenvalue weighted by atomic mass is 9.31. The number of nitrogens with zero attached hydrogens (tertiary/aromatic N) is 2. The first-order valence-corrected chi connectivity index (χ1v) is 24.2. The molecule has 8 aromatic rings. The zero-order valence-corrected chi connectivity index (χ0v) is 38.5. The summed E-state index contributed by atoms with van der Waals surface area (Å²) in [6.45, 7) is 14.4. The van der Waals surface area contributed by atoms with Crippen molar-refractivity contribution >= 4 is 104 Å². The van der Waals surface area contributed by atoms with Crippen LogP contribution in [-0.4, -0.2) is 13.4 Å². The minimum Gasteiger partial charge on any atom is -0.311 e. The number of para-hydroxylation sites is 3. The van der Waals surface area contributed by atoms with Crippen molar-refractivity contribution in [3.8, 4) is 0 Å². The Hall–Kier alpha value is -5.81. The highest BCUT2D eigenvalue weighted by Crippen LogP contribution is 2.45. The van der Waals surface area contributed by atoms with E-state index in [2.05, 4.69) is 227 Å². The van der Waals surface area contributed by atoms with Gasteiger partial charge < -0.3 is 9.80 Å². The highest BCUT2D eigenvalue weighted by atomic mass is 32.2. The molecule has 0 saturated carbocycles. The van der Waals surface area contributed by atoms with Crippen LogP contribution in [0, 0.1) is 0 Å². The molecule has 2 nitrogen and oxygen atoms in total. The van der Waals surface area contributed by atoms with Gasteiger partial charge in [-0.1, -0.05) is 190 Å². The first kappa shape index (κ1) is 40.0. The molecule has 0 atom stereocenters. The van der Waals surface area contributed by atoms with Gasteiger partial charge in [-0.05, 0) is 118 Å². The molecule has 0 spiro atoms. The fourth-order valence-corrected chi connectivity index (χ4v) is 12.7. The Bertz CT molecular complexity index is 2950. The number of benzene rings is 8. The summed E-state index contributed by atoms with van der Waals surface area (Å²) in [4.78, 5) is 10.3. The largest absolute Gasteiger partial charge is 0.311 e. The minimum atomic E-state index is 0.0449. The molecule has 0 radical (unpaired) electrons. The topological polar surface area (TPSA) is 6.48 Å². The molecule has 0 unspecified atom stereocenters. The molecule has 306 valence electrons. The van der Waals surface area contributed by atoms with Crippen molar-refractivity contribution in [2.45, 2.75) is 78.9 Å². The predicted molar refractivity (Wildman–Crippen MR) is 275 cm³/mol. The zero-order valence-electron chi connectivity index (χ0n) is 36.8. The maximum atomic E-state index is 2.65. The van der Waals surface area contributed by atoms with Crippen molar-refractivity contribution in [1.82, 2.24) is 0 Å². The van der Waals surface area contributed by atoms with Crippen molar-refractivity contribution in [3.63, 3.8) is 0 Å². The van der Waals surface area contributed by atoms with Gasteiger partial charge in [0.2, 0.25) is 13.4 Å². The molecule has 0 amide bonds. The van der Waals surface area contributed by atoms with Gasteiger partial charge in [-0.3, -0.25) is 0 Å². The van der Waals surface area contributed by atoms with E-state index in [1.807, 2.05) is 23.5 Å². The fraction of sp³-hybridized carbons (Fsp3) is 0.158. The average molecular weight is 849 g/mol. The van der Waals surface area contributed by atoms with Gasteiger partial charge in [-0.25, -0.2) is 0 Å². The van der Waals surface area contributed by atoms with E-state index in [1.54, 1.807) is 0 Å². The lowest BCUT2D eigenvalue weighted by Crippen LogP contribution is -2.63. The van der Waals surface area contributed by atoms with Crippen LogP contribution in [-0.2, 0) is 0 Å². The summed E-state index contributed by atoms with van der Waals surface area (Å²) in [7, 11) is 0. The number of rotatable bonds is 8. The van der Waals surface area contributed by atoms with Crippen LogP contribution in [0.2, 0.25) is 0 Å². The van der Waals surface area contributed by atoms with Gasteiger partial charge in [0.25, 0.3) is 0 Å². The highest BCUT2D eigenvalue weighted by molar-refractivity contribution is 8.00. The number of hydrogen-bond donors (Lipinski definition) is 0. The summed E-state index contributed by atoms with van der Waals surface area (Å²) in [6.07, 6.45) is 0. The summed E-state index contributed by atoms with van der Waals surface area (Å²) < 4.78 is 0. The van der Waals surface area contributed by atoms with E-state index >= 15 is 0 Å². The standard InChI is InChI=1S/C57H50B2N2S2/c1-36(2)39-31-44(37(3)4)56(45(32-39)38(5)6)59-47-30-29-43(60(40-19-10-7-11-20-40)41-21-12-8-13-22-41)33-54(47)63-55-35-51-48(34-49(55)59)58-46-25-16-17-27-52(46)62-53-28-18-26-50(57(53)58)61(51)42-23-14-9-15-24-42/h7-38H,1-6H3. The van der Waals surface area contributed by atoms with Gasteiger partial charge in [0, 0.05) is 53.7 Å². The van der Waals surface area contributed by atoms with Crippen molar-refractivity contribution in [2.24, 2.45) is 0 Å². The molecule has 0 aromatic heterocycles. The molecular weight excluding hydrogens is 798 g/mol. The van der Waals surface area contributed by atoms with Crippen LogP contribution < -0.4 is 42.6 Å². The number of fused-ring (bicyclic) bond motifs is 6. The van der Waals surface area contributed by atoms with Crippen molar-refractivity contribution in [1.29, 1.82) is 0 Å². The van der Waals surface area contributed by atoms with Gasteiger partial charge in [0.1, 0.15) is 0 Å². The zero-order chi connectivity index (χ0) is 42.9. The predicted octanol–water partition coefficient (Wildman–Crippen LogP) is 12.3. The van der Waals surface area contributed by atoms with E-state index in [0.717, 1.165) is 17.1 Å². The van der Waals surface area contributed by atoms with Crippen molar-refractivity contribution in [3.05, 3.63) is 193 Å². The first-order chi connectivity index (χ1) is 30.7. The Kier molecular flexibility index (Phi) is 10.2. The van der Waals surface area contributed by atoms with E-state index in [4.69, 9.17) is 0 Å². The second-order valence-electron chi connectivity index (χ2n) is 18.2. The summed E-state index contributed by atoms with van der Waals surface area (Å²) in [6, 6.07) is 66.3. The monoisotopic (exact) mass is 848 g/mol. The van der Waals surface area contributed by atoms with Crippen LogP contribution in [0.4, 0.5) is 34.1 Å². The van der Waals surface area contributed by atoms with Gasteiger partial charge >= 0.3 is 0 Å². The van der Waals surface area contributed by atoms with E-state index < -0.39 is 0 Å². The van der Waals surface area contributed by atoms with Gasteiger partial charge in [-0.15, -0.1) is 0 Å². The highest BCUT2D eigenvalue weighted by Gasteiger charge is 2.44.